The first-order valence-electron chi connectivity index (χ1n) is 8.39. The molecule has 0 aliphatic carbocycles. The predicted molar refractivity (Wildman–Crippen MR) is 102 cm³/mol. The van der Waals surface area contributed by atoms with Crippen LogP contribution in [0.5, 0.6) is 0 Å². The Labute approximate surface area is 156 Å². The van der Waals surface area contributed by atoms with Gasteiger partial charge in [0.1, 0.15) is 5.82 Å². The lowest BCUT2D eigenvalue weighted by atomic mass is 10.1. The Morgan fingerprint density at radius 1 is 1.07 bits per heavy atom. The molecule has 0 spiro atoms. The van der Waals surface area contributed by atoms with E-state index in [0.29, 0.717) is 41.0 Å². The maximum atomic E-state index is 13.6. The number of nitrogens with zero attached hydrogens (tertiary/aromatic N) is 2. The Morgan fingerprint density at radius 2 is 1.93 bits per heavy atom. The number of pyridine rings is 1. The molecule has 1 aromatic heterocycles. The van der Waals surface area contributed by atoms with Gasteiger partial charge in [0.05, 0.1) is 22.9 Å². The van der Waals surface area contributed by atoms with Crippen LogP contribution in [0.1, 0.15) is 21.5 Å². The summed E-state index contributed by atoms with van der Waals surface area (Å²) in [5.74, 6) is -0.555. The zero-order chi connectivity index (χ0) is 19.1. The standard InChI is InChI=1S/C21H17FN4O/c22-20-7-2-1-5-16(20)8-9-25-19-11-17(13-24-14-19)21(27)26-18-6-3-4-15(10-18)12-23/h1-7,10-11,13-14,25H,8-9H2,(H,26,27). The smallest absolute Gasteiger partial charge is 0.257 e. The van der Waals surface area contributed by atoms with Gasteiger partial charge in [-0.25, -0.2) is 4.39 Å². The van der Waals surface area contributed by atoms with E-state index < -0.39 is 0 Å². The lowest BCUT2D eigenvalue weighted by Gasteiger charge is -2.09. The number of halogens is 1. The third-order valence-electron chi connectivity index (χ3n) is 3.93. The van der Waals surface area contributed by atoms with Crippen molar-refractivity contribution in [2.75, 3.05) is 17.2 Å². The number of nitrogens with one attached hydrogen (secondary N) is 2. The van der Waals surface area contributed by atoms with Gasteiger partial charge in [-0.05, 0) is 42.3 Å². The van der Waals surface area contributed by atoms with Crippen LogP contribution in [0.2, 0.25) is 0 Å². The molecule has 27 heavy (non-hydrogen) atoms. The Hall–Kier alpha value is -3.72. The summed E-state index contributed by atoms with van der Waals surface area (Å²) in [4.78, 5) is 16.5. The minimum atomic E-state index is -0.324. The first kappa shape index (κ1) is 18.1. The normalized spacial score (nSPS) is 10.1. The van der Waals surface area contributed by atoms with Crippen molar-refractivity contribution in [1.82, 2.24) is 4.98 Å². The Kier molecular flexibility index (Phi) is 5.75. The summed E-state index contributed by atoms with van der Waals surface area (Å²) in [5, 5.41) is 14.8. The molecule has 2 N–H and O–H groups in total. The number of amides is 1. The highest BCUT2D eigenvalue weighted by molar-refractivity contribution is 6.04. The largest absolute Gasteiger partial charge is 0.383 e. The second kappa shape index (κ2) is 8.59. The summed E-state index contributed by atoms with van der Waals surface area (Å²) >= 11 is 0. The fraction of sp³-hybridized carbons (Fsp3) is 0.0952. The van der Waals surface area contributed by atoms with Gasteiger partial charge in [-0.1, -0.05) is 24.3 Å². The van der Waals surface area contributed by atoms with Crippen molar-refractivity contribution in [2.45, 2.75) is 6.42 Å². The highest BCUT2D eigenvalue weighted by Gasteiger charge is 2.08. The summed E-state index contributed by atoms with van der Waals surface area (Å²) in [6.07, 6.45) is 3.59. The quantitative estimate of drug-likeness (QED) is 0.696. The molecule has 0 fully saturated rings. The number of rotatable bonds is 6. The number of anilines is 2. The summed E-state index contributed by atoms with van der Waals surface area (Å²) in [6, 6.07) is 17.0. The number of carbonyl (C=O) groups is 1. The zero-order valence-corrected chi connectivity index (χ0v) is 14.4. The molecule has 0 unspecified atom stereocenters. The van der Waals surface area contributed by atoms with Gasteiger partial charge >= 0.3 is 0 Å². The first-order chi connectivity index (χ1) is 13.2. The molecule has 3 aromatic rings. The molecular weight excluding hydrogens is 343 g/mol. The van der Waals surface area contributed by atoms with Gasteiger partial charge in [0.15, 0.2) is 0 Å². The molecule has 6 heteroatoms. The number of hydrogen-bond acceptors (Lipinski definition) is 4. The molecule has 0 aliphatic rings. The van der Waals surface area contributed by atoms with Crippen LogP contribution >= 0.6 is 0 Å². The molecule has 1 heterocycles. The topological polar surface area (TPSA) is 77.8 Å². The predicted octanol–water partition coefficient (Wildman–Crippen LogP) is 4.00. The van der Waals surface area contributed by atoms with Crippen LogP contribution in [-0.2, 0) is 6.42 Å². The summed E-state index contributed by atoms with van der Waals surface area (Å²) < 4.78 is 13.6. The van der Waals surface area contributed by atoms with Crippen molar-refractivity contribution in [2.24, 2.45) is 0 Å². The van der Waals surface area contributed by atoms with Crippen LogP contribution in [0.4, 0.5) is 15.8 Å². The van der Waals surface area contributed by atoms with Crippen LogP contribution in [0.3, 0.4) is 0 Å². The fourth-order valence-corrected chi connectivity index (χ4v) is 2.57. The van der Waals surface area contributed by atoms with Crippen LogP contribution in [-0.4, -0.2) is 17.4 Å². The van der Waals surface area contributed by atoms with Gasteiger partial charge in [-0.3, -0.25) is 9.78 Å². The van der Waals surface area contributed by atoms with Crippen molar-refractivity contribution in [3.05, 3.63) is 89.5 Å². The average molecular weight is 360 g/mol. The minimum absolute atomic E-state index is 0.231. The molecular formula is C21H17FN4O. The maximum Gasteiger partial charge on any atom is 0.257 e. The lowest BCUT2D eigenvalue weighted by molar-refractivity contribution is 0.102. The molecule has 1 amide bonds. The number of hydrogen-bond donors (Lipinski definition) is 2. The molecule has 0 saturated heterocycles. The average Bonchev–Trinajstić information content (AvgIpc) is 2.70. The van der Waals surface area contributed by atoms with Crippen LogP contribution in [0.15, 0.2) is 67.0 Å². The van der Waals surface area contributed by atoms with Gasteiger partial charge in [0, 0.05) is 24.6 Å². The fourth-order valence-electron chi connectivity index (χ4n) is 2.57. The monoisotopic (exact) mass is 360 g/mol. The first-order valence-corrected chi connectivity index (χ1v) is 8.39. The second-order valence-electron chi connectivity index (χ2n) is 5.88. The molecule has 3 rings (SSSR count). The summed E-state index contributed by atoms with van der Waals surface area (Å²) in [7, 11) is 0. The van der Waals surface area contributed by atoms with E-state index in [1.165, 1.54) is 12.3 Å². The van der Waals surface area contributed by atoms with E-state index in [2.05, 4.69) is 15.6 Å². The van der Waals surface area contributed by atoms with E-state index in [0.717, 1.165) is 0 Å². The molecule has 0 atom stereocenters. The van der Waals surface area contributed by atoms with Gasteiger partial charge in [0.25, 0.3) is 5.91 Å². The highest BCUT2D eigenvalue weighted by Crippen LogP contribution is 2.14. The van der Waals surface area contributed by atoms with Crippen molar-refractivity contribution in [1.29, 1.82) is 5.26 Å². The van der Waals surface area contributed by atoms with E-state index in [9.17, 15) is 9.18 Å². The second-order valence-corrected chi connectivity index (χ2v) is 5.88. The van der Waals surface area contributed by atoms with E-state index in [1.54, 1.807) is 54.7 Å². The lowest BCUT2D eigenvalue weighted by Crippen LogP contribution is -2.13. The molecule has 2 aromatic carbocycles. The Bertz CT molecular complexity index is 997. The van der Waals surface area contributed by atoms with Crippen molar-refractivity contribution in [3.8, 4) is 6.07 Å². The number of benzene rings is 2. The van der Waals surface area contributed by atoms with E-state index >= 15 is 0 Å². The highest BCUT2D eigenvalue weighted by atomic mass is 19.1. The van der Waals surface area contributed by atoms with E-state index in [1.807, 2.05) is 6.07 Å². The summed E-state index contributed by atoms with van der Waals surface area (Å²) in [6.45, 7) is 0.512. The molecule has 134 valence electrons. The van der Waals surface area contributed by atoms with E-state index in [-0.39, 0.29) is 11.7 Å². The number of carbonyl (C=O) groups excluding carboxylic acids is 1. The van der Waals surface area contributed by atoms with Gasteiger partial charge < -0.3 is 10.6 Å². The Balaban J connectivity index is 1.62. The molecule has 0 radical (unpaired) electrons. The van der Waals surface area contributed by atoms with Crippen LogP contribution in [0, 0.1) is 17.1 Å². The third kappa shape index (κ3) is 4.89. The summed E-state index contributed by atoms with van der Waals surface area (Å²) in [5.41, 5.74) is 2.69. The van der Waals surface area contributed by atoms with Crippen LogP contribution in [0.25, 0.3) is 0 Å². The SMILES string of the molecule is N#Cc1cccc(NC(=O)c2cncc(NCCc3ccccc3F)c2)c1. The van der Waals surface area contributed by atoms with E-state index in [4.69, 9.17) is 5.26 Å². The molecule has 0 bridgehead atoms. The maximum absolute atomic E-state index is 13.6. The number of aromatic nitrogens is 1. The van der Waals surface area contributed by atoms with Crippen LogP contribution < -0.4 is 10.6 Å². The molecule has 0 aliphatic heterocycles. The van der Waals surface area contributed by atoms with Crippen molar-refractivity contribution in [3.63, 3.8) is 0 Å². The Morgan fingerprint density at radius 3 is 2.74 bits per heavy atom. The van der Waals surface area contributed by atoms with Gasteiger partial charge in [-0.2, -0.15) is 5.26 Å². The number of nitriles is 1. The minimum Gasteiger partial charge on any atom is -0.383 e. The zero-order valence-electron chi connectivity index (χ0n) is 14.4. The molecule has 5 nitrogen and oxygen atoms in total. The van der Waals surface area contributed by atoms with Gasteiger partial charge in [-0.15, -0.1) is 0 Å². The van der Waals surface area contributed by atoms with Crippen molar-refractivity contribution < 1.29 is 9.18 Å². The van der Waals surface area contributed by atoms with Crippen molar-refractivity contribution >= 4 is 17.3 Å². The van der Waals surface area contributed by atoms with Gasteiger partial charge in [0.2, 0.25) is 0 Å². The third-order valence-corrected chi connectivity index (χ3v) is 3.93. The molecule has 0 saturated carbocycles.